The smallest absolute Gasteiger partial charge is 0.142 e. The van der Waals surface area contributed by atoms with Gasteiger partial charge >= 0.3 is 0 Å². The Hall–Kier alpha value is -0.340. The van der Waals surface area contributed by atoms with E-state index in [4.69, 9.17) is 4.74 Å². The van der Waals surface area contributed by atoms with Gasteiger partial charge in [0, 0.05) is 13.5 Å². The number of nitrogens with zero attached hydrogens (tertiary/aromatic N) is 1. The summed E-state index contributed by atoms with van der Waals surface area (Å²) in [6, 6.07) is 0.901. The van der Waals surface area contributed by atoms with Crippen LogP contribution in [0, 0.1) is 0 Å². The van der Waals surface area contributed by atoms with Gasteiger partial charge in [-0.25, -0.2) is 0 Å². The number of rotatable bonds is 3. The number of hydrogen-bond acceptors (Lipinski definition) is 1. The van der Waals surface area contributed by atoms with Crippen LogP contribution >= 0.6 is 0 Å². The summed E-state index contributed by atoms with van der Waals surface area (Å²) >= 11 is 0. The normalized spacial score (nSPS) is 47.0. The van der Waals surface area contributed by atoms with E-state index in [1.807, 2.05) is 13.2 Å². The molecule has 2 aliphatic rings. The molecule has 2 heteroatoms. The molecule has 0 N–H and O–H groups in total. The largest absolute Gasteiger partial charge is 0.375 e. The van der Waals surface area contributed by atoms with Crippen LogP contribution in [-0.2, 0) is 4.74 Å². The topological polar surface area (TPSA) is 9.23 Å². The third-order valence-electron chi connectivity index (χ3n) is 3.14. The molecule has 11 heavy (non-hydrogen) atoms. The van der Waals surface area contributed by atoms with Crippen LogP contribution in [0.25, 0.3) is 0 Å². The van der Waals surface area contributed by atoms with Gasteiger partial charge in [-0.3, -0.25) is 0 Å². The Balaban J connectivity index is 1.95. The summed E-state index contributed by atoms with van der Waals surface area (Å²) in [5.74, 6) is 0. The Labute approximate surface area is 68.0 Å². The number of piperidine rings is 1. The Morgan fingerprint density at radius 1 is 1.64 bits per heavy atom. The van der Waals surface area contributed by atoms with Gasteiger partial charge in [-0.1, -0.05) is 6.58 Å². The molecular weight excluding hydrogens is 138 g/mol. The monoisotopic (exact) mass is 154 g/mol. The van der Waals surface area contributed by atoms with Gasteiger partial charge < -0.3 is 9.22 Å². The van der Waals surface area contributed by atoms with E-state index in [-0.39, 0.29) is 0 Å². The van der Waals surface area contributed by atoms with Gasteiger partial charge in [-0.05, 0) is 6.08 Å². The first-order chi connectivity index (χ1) is 5.30. The van der Waals surface area contributed by atoms with Crippen LogP contribution in [0.5, 0.6) is 0 Å². The molecular formula is C9H16NO+. The summed E-state index contributed by atoms with van der Waals surface area (Å²) in [7, 11) is 1.82. The number of quaternary nitrogens is 1. The highest BCUT2D eigenvalue weighted by Crippen LogP contribution is 2.41. The Bertz CT molecular complexity index is 180. The van der Waals surface area contributed by atoms with Crippen molar-refractivity contribution in [1.82, 2.24) is 0 Å². The standard InChI is InChI=1S/C9H16NO/c1-3-4-10-6-8(10)5-9(7-10)11-2/h3,8-9H,1,4-7H2,2H3/q+1/t8-,9-,10-/m1/s1. The summed E-state index contributed by atoms with van der Waals surface area (Å²) in [4.78, 5) is 0. The highest BCUT2D eigenvalue weighted by atomic mass is 16.5. The van der Waals surface area contributed by atoms with Crippen molar-refractivity contribution in [3.63, 3.8) is 0 Å². The van der Waals surface area contributed by atoms with Crippen molar-refractivity contribution in [2.24, 2.45) is 0 Å². The fraction of sp³-hybridized carbons (Fsp3) is 0.778. The lowest BCUT2D eigenvalue weighted by Crippen LogP contribution is -2.30. The summed E-state index contributed by atoms with van der Waals surface area (Å²) in [6.45, 7) is 7.52. The maximum absolute atomic E-state index is 5.33. The third kappa shape index (κ3) is 1.01. The zero-order valence-electron chi connectivity index (χ0n) is 7.12. The first-order valence-corrected chi connectivity index (χ1v) is 4.30. The van der Waals surface area contributed by atoms with Crippen LogP contribution in [0.2, 0.25) is 0 Å². The number of ether oxygens (including phenoxy) is 1. The van der Waals surface area contributed by atoms with E-state index in [2.05, 4.69) is 6.58 Å². The highest BCUT2D eigenvalue weighted by molar-refractivity contribution is 4.89. The fourth-order valence-corrected chi connectivity index (χ4v) is 2.40. The number of hydrogen-bond donors (Lipinski definition) is 0. The number of fused-ring (bicyclic) bond motifs is 1. The van der Waals surface area contributed by atoms with Crippen molar-refractivity contribution < 1.29 is 9.22 Å². The second-order valence-electron chi connectivity index (χ2n) is 3.80. The minimum atomic E-state index is 0.522. The van der Waals surface area contributed by atoms with Crippen LogP contribution in [-0.4, -0.2) is 43.4 Å². The average Bonchev–Trinajstić information content (AvgIpc) is 2.54. The van der Waals surface area contributed by atoms with E-state index in [0.29, 0.717) is 6.10 Å². The van der Waals surface area contributed by atoms with Crippen LogP contribution in [0.1, 0.15) is 6.42 Å². The van der Waals surface area contributed by atoms with Gasteiger partial charge in [0.2, 0.25) is 0 Å². The average molecular weight is 154 g/mol. The van der Waals surface area contributed by atoms with Crippen LogP contribution in [0.3, 0.4) is 0 Å². The van der Waals surface area contributed by atoms with Crippen molar-refractivity contribution in [3.8, 4) is 0 Å². The van der Waals surface area contributed by atoms with Crippen molar-refractivity contribution in [2.45, 2.75) is 18.6 Å². The first kappa shape index (κ1) is 7.32. The summed E-state index contributed by atoms with van der Waals surface area (Å²) in [5, 5.41) is 0. The van der Waals surface area contributed by atoms with E-state index in [0.717, 1.165) is 12.6 Å². The molecule has 2 heterocycles. The molecule has 62 valence electrons. The summed E-state index contributed by atoms with van der Waals surface area (Å²) in [6.07, 6.45) is 3.83. The lowest BCUT2D eigenvalue weighted by Gasteiger charge is -2.15. The lowest BCUT2D eigenvalue weighted by atomic mass is 10.2. The Morgan fingerprint density at radius 2 is 2.45 bits per heavy atom. The molecule has 2 fully saturated rings. The molecule has 0 spiro atoms. The zero-order valence-corrected chi connectivity index (χ0v) is 7.12. The zero-order chi connectivity index (χ0) is 7.90. The Morgan fingerprint density at radius 3 is 3.00 bits per heavy atom. The summed E-state index contributed by atoms with van der Waals surface area (Å²) in [5.41, 5.74) is 0. The Kier molecular flexibility index (Phi) is 1.55. The van der Waals surface area contributed by atoms with E-state index in [9.17, 15) is 0 Å². The second kappa shape index (κ2) is 2.32. The van der Waals surface area contributed by atoms with E-state index in [1.165, 1.54) is 24.0 Å². The van der Waals surface area contributed by atoms with Crippen LogP contribution in [0.15, 0.2) is 12.7 Å². The molecule has 2 rings (SSSR count). The predicted molar refractivity (Wildman–Crippen MR) is 44.3 cm³/mol. The van der Waals surface area contributed by atoms with Crippen molar-refractivity contribution in [2.75, 3.05) is 26.7 Å². The fourth-order valence-electron chi connectivity index (χ4n) is 2.40. The van der Waals surface area contributed by atoms with Gasteiger partial charge in [0.05, 0.1) is 6.54 Å². The molecule has 0 bridgehead atoms. The van der Waals surface area contributed by atoms with E-state index < -0.39 is 0 Å². The molecule has 0 aromatic rings. The van der Waals surface area contributed by atoms with Gasteiger partial charge in [-0.2, -0.15) is 0 Å². The maximum atomic E-state index is 5.33. The van der Waals surface area contributed by atoms with Gasteiger partial charge in [0.15, 0.2) is 0 Å². The van der Waals surface area contributed by atoms with Crippen molar-refractivity contribution in [1.29, 1.82) is 0 Å². The quantitative estimate of drug-likeness (QED) is 0.332. The van der Waals surface area contributed by atoms with Crippen LogP contribution in [0.4, 0.5) is 0 Å². The molecule has 2 nitrogen and oxygen atoms in total. The van der Waals surface area contributed by atoms with Gasteiger partial charge in [-0.15, -0.1) is 0 Å². The third-order valence-corrected chi connectivity index (χ3v) is 3.14. The van der Waals surface area contributed by atoms with Crippen molar-refractivity contribution >= 4 is 0 Å². The number of methoxy groups -OCH3 is 1. The molecule has 0 radical (unpaired) electrons. The minimum Gasteiger partial charge on any atom is -0.375 e. The maximum Gasteiger partial charge on any atom is 0.142 e. The molecule has 0 unspecified atom stereocenters. The van der Waals surface area contributed by atoms with E-state index in [1.54, 1.807) is 0 Å². The highest BCUT2D eigenvalue weighted by Gasteiger charge is 2.61. The molecule has 0 saturated carbocycles. The molecule has 0 aromatic carbocycles. The van der Waals surface area contributed by atoms with Crippen LogP contribution < -0.4 is 0 Å². The molecule has 2 aliphatic heterocycles. The molecule has 0 aromatic heterocycles. The molecule has 0 aliphatic carbocycles. The second-order valence-corrected chi connectivity index (χ2v) is 3.80. The van der Waals surface area contributed by atoms with Gasteiger partial charge in [0.25, 0.3) is 0 Å². The van der Waals surface area contributed by atoms with Crippen molar-refractivity contribution in [3.05, 3.63) is 12.7 Å². The molecule has 0 amide bonds. The first-order valence-electron chi connectivity index (χ1n) is 4.30. The molecule has 2 saturated heterocycles. The summed E-state index contributed by atoms with van der Waals surface area (Å²) < 4.78 is 6.60. The molecule has 3 atom stereocenters. The predicted octanol–water partition coefficient (Wildman–Crippen LogP) is 0.790. The van der Waals surface area contributed by atoms with Gasteiger partial charge in [0.1, 0.15) is 25.2 Å². The van der Waals surface area contributed by atoms with E-state index >= 15 is 0 Å². The lowest BCUT2D eigenvalue weighted by molar-refractivity contribution is -0.798. The minimum absolute atomic E-state index is 0.522. The SMILES string of the molecule is C=CC[N@@+]12C[C@H](OC)C[C@@H]1C2.